The number of piperazine rings is 1. The maximum Gasteiger partial charge on any atom is 0.255 e. The van der Waals surface area contributed by atoms with Crippen LogP contribution < -0.4 is 11.1 Å². The van der Waals surface area contributed by atoms with Gasteiger partial charge in [-0.1, -0.05) is 42.5 Å². The van der Waals surface area contributed by atoms with Gasteiger partial charge in [0.25, 0.3) is 5.91 Å². The standard InChI is InChI=1S/C37H45N7O3/c1-42-23-30(22-40-42)29-20-32(36(38)39-21-29)37(46)41-33-3-2-4-35(33)47-24-25-5-7-26(8-6-25)27-9-11-31-28(19-27)10-12-34(31)44-15-13-43(14-16-44)17-18-45/h5-9,11,19-23,33-35,45H,2-4,10,12-18,24H2,1H3,(H2,38,39)(H,41,46)/t33-,34+,35-/m0/s1. The lowest BCUT2D eigenvalue weighted by molar-refractivity contribution is 0.0272. The van der Waals surface area contributed by atoms with E-state index in [0.29, 0.717) is 18.2 Å². The van der Waals surface area contributed by atoms with Gasteiger partial charge in [-0.25, -0.2) is 4.98 Å². The van der Waals surface area contributed by atoms with Crippen molar-refractivity contribution in [2.75, 3.05) is 45.1 Å². The molecule has 246 valence electrons. The van der Waals surface area contributed by atoms with Crippen LogP contribution in [-0.2, 0) is 24.8 Å². The minimum Gasteiger partial charge on any atom is -0.395 e. The number of β-amino-alcohol motifs (C(OH)–C–C–N with tert-alkyl or cyclic N) is 1. The molecule has 1 amide bonds. The molecule has 0 spiro atoms. The van der Waals surface area contributed by atoms with Gasteiger partial charge in [0.05, 0.1) is 37.1 Å². The van der Waals surface area contributed by atoms with E-state index in [0.717, 1.165) is 75.1 Å². The molecule has 2 fully saturated rings. The number of nitrogens with one attached hydrogen (secondary N) is 1. The maximum atomic E-state index is 13.3. The summed E-state index contributed by atoms with van der Waals surface area (Å²) < 4.78 is 8.08. The van der Waals surface area contributed by atoms with Crippen LogP contribution in [0.3, 0.4) is 0 Å². The molecule has 10 nitrogen and oxygen atoms in total. The van der Waals surface area contributed by atoms with Crippen LogP contribution in [-0.4, -0.2) is 87.1 Å². The van der Waals surface area contributed by atoms with Gasteiger partial charge in [0.2, 0.25) is 0 Å². The molecule has 2 aromatic heterocycles. The predicted octanol–water partition coefficient (Wildman–Crippen LogP) is 4.20. The smallest absolute Gasteiger partial charge is 0.255 e. The molecule has 10 heteroatoms. The molecular weight excluding hydrogens is 590 g/mol. The minimum atomic E-state index is -0.230. The van der Waals surface area contributed by atoms with Crippen molar-refractivity contribution in [2.24, 2.45) is 7.05 Å². The number of anilines is 1. The number of nitrogens with zero attached hydrogens (tertiary/aromatic N) is 5. The summed E-state index contributed by atoms with van der Waals surface area (Å²) in [7, 11) is 1.85. The lowest BCUT2D eigenvalue weighted by Crippen LogP contribution is -2.47. The SMILES string of the molecule is Cn1cc(-c2cnc(N)c(C(=O)N[C@H]3CCC[C@@H]3OCc3ccc(-c4ccc5c(c4)CC[C@H]5N4CCN(CCO)CC4)cc3)c2)cn1. The molecule has 4 aromatic rings. The summed E-state index contributed by atoms with van der Waals surface area (Å²) in [5.74, 6) is -0.0193. The lowest BCUT2D eigenvalue weighted by atomic mass is 9.98. The topological polar surface area (TPSA) is 122 Å². The normalized spacial score (nSPS) is 21.6. The van der Waals surface area contributed by atoms with Crippen molar-refractivity contribution in [1.29, 1.82) is 0 Å². The van der Waals surface area contributed by atoms with Crippen molar-refractivity contribution in [3.05, 3.63) is 89.4 Å². The number of rotatable bonds is 10. The number of fused-ring (bicyclic) bond motifs is 1. The van der Waals surface area contributed by atoms with Crippen LogP contribution in [0.5, 0.6) is 0 Å². The number of amides is 1. The number of aromatic nitrogens is 3. The van der Waals surface area contributed by atoms with E-state index in [-0.39, 0.29) is 30.5 Å². The number of pyridine rings is 1. The second-order valence-corrected chi connectivity index (χ2v) is 13.2. The predicted molar refractivity (Wildman–Crippen MR) is 183 cm³/mol. The first-order chi connectivity index (χ1) is 22.9. The number of ether oxygens (including phenoxy) is 1. The zero-order chi connectivity index (χ0) is 32.3. The van der Waals surface area contributed by atoms with E-state index < -0.39 is 0 Å². The highest BCUT2D eigenvalue weighted by Crippen LogP contribution is 2.38. The van der Waals surface area contributed by atoms with Gasteiger partial charge < -0.3 is 20.9 Å². The first kappa shape index (κ1) is 31.5. The van der Waals surface area contributed by atoms with Crippen LogP contribution in [0.4, 0.5) is 5.82 Å². The van der Waals surface area contributed by atoms with E-state index >= 15 is 0 Å². The molecule has 0 bridgehead atoms. The highest BCUT2D eigenvalue weighted by atomic mass is 16.5. The van der Waals surface area contributed by atoms with Crippen LogP contribution in [0.15, 0.2) is 67.1 Å². The molecule has 4 N–H and O–H groups in total. The van der Waals surface area contributed by atoms with Gasteiger partial charge in [-0.15, -0.1) is 0 Å². The zero-order valence-electron chi connectivity index (χ0n) is 27.1. The molecule has 3 heterocycles. The third kappa shape index (κ3) is 6.96. The zero-order valence-corrected chi connectivity index (χ0v) is 27.1. The summed E-state index contributed by atoms with van der Waals surface area (Å²) in [6.07, 6.45) is 10.3. The molecule has 2 aromatic carbocycles. The summed E-state index contributed by atoms with van der Waals surface area (Å²) in [6, 6.07) is 17.9. The van der Waals surface area contributed by atoms with Crippen molar-refractivity contribution < 1.29 is 14.6 Å². The molecule has 3 aliphatic rings. The number of aliphatic hydroxyl groups is 1. The fourth-order valence-corrected chi connectivity index (χ4v) is 7.51. The van der Waals surface area contributed by atoms with Crippen LogP contribution in [0, 0.1) is 0 Å². The molecule has 1 saturated heterocycles. The van der Waals surface area contributed by atoms with E-state index in [4.69, 9.17) is 10.5 Å². The fraction of sp³-hybridized carbons (Fsp3) is 0.432. The number of benzene rings is 2. The number of aryl methyl sites for hydroxylation is 2. The van der Waals surface area contributed by atoms with E-state index in [2.05, 4.69) is 67.7 Å². The van der Waals surface area contributed by atoms with Crippen molar-refractivity contribution in [3.8, 4) is 22.3 Å². The van der Waals surface area contributed by atoms with Gasteiger partial charge in [-0.3, -0.25) is 19.3 Å². The highest BCUT2D eigenvalue weighted by molar-refractivity contribution is 5.99. The molecule has 1 saturated carbocycles. The average Bonchev–Trinajstić information content (AvgIpc) is 3.84. The van der Waals surface area contributed by atoms with E-state index in [1.807, 2.05) is 13.2 Å². The average molecular weight is 636 g/mol. The third-order valence-corrected chi connectivity index (χ3v) is 10.2. The molecule has 1 aliphatic heterocycles. The number of carbonyl (C=O) groups is 1. The number of nitrogens with two attached hydrogens (primary N) is 1. The summed E-state index contributed by atoms with van der Waals surface area (Å²) in [6.45, 7) is 5.71. The summed E-state index contributed by atoms with van der Waals surface area (Å²) >= 11 is 0. The van der Waals surface area contributed by atoms with Gasteiger partial charge in [0.1, 0.15) is 5.82 Å². The Balaban J connectivity index is 0.939. The Morgan fingerprint density at radius 1 is 0.979 bits per heavy atom. The molecule has 2 aliphatic carbocycles. The highest BCUT2D eigenvalue weighted by Gasteiger charge is 2.31. The van der Waals surface area contributed by atoms with E-state index in [1.165, 1.54) is 28.7 Å². The third-order valence-electron chi connectivity index (χ3n) is 10.2. The Bertz CT molecular complexity index is 1700. The molecular formula is C37H45N7O3. The number of hydrogen-bond donors (Lipinski definition) is 3. The second-order valence-electron chi connectivity index (χ2n) is 13.2. The largest absolute Gasteiger partial charge is 0.395 e. The Kier molecular flexibility index (Phi) is 9.35. The van der Waals surface area contributed by atoms with E-state index in [9.17, 15) is 9.90 Å². The fourth-order valence-electron chi connectivity index (χ4n) is 7.51. The van der Waals surface area contributed by atoms with E-state index in [1.54, 1.807) is 23.1 Å². The monoisotopic (exact) mass is 635 g/mol. The molecule has 7 rings (SSSR count). The Labute approximate surface area is 276 Å². The number of nitrogen functional groups attached to an aromatic ring is 1. The summed E-state index contributed by atoms with van der Waals surface area (Å²) in [4.78, 5) is 22.5. The van der Waals surface area contributed by atoms with Crippen LogP contribution in [0.1, 0.15) is 58.8 Å². The van der Waals surface area contributed by atoms with Crippen molar-refractivity contribution >= 4 is 11.7 Å². The number of hydrogen-bond acceptors (Lipinski definition) is 8. The van der Waals surface area contributed by atoms with Crippen molar-refractivity contribution in [3.63, 3.8) is 0 Å². The van der Waals surface area contributed by atoms with Gasteiger partial charge in [-0.2, -0.15) is 5.10 Å². The van der Waals surface area contributed by atoms with Crippen LogP contribution in [0.25, 0.3) is 22.3 Å². The van der Waals surface area contributed by atoms with Crippen LogP contribution >= 0.6 is 0 Å². The molecule has 0 radical (unpaired) electrons. The Morgan fingerprint density at radius 3 is 2.55 bits per heavy atom. The second kappa shape index (κ2) is 13.9. The van der Waals surface area contributed by atoms with Crippen LogP contribution in [0.2, 0.25) is 0 Å². The Hall–Kier alpha value is -4.09. The molecule has 0 unspecified atom stereocenters. The van der Waals surface area contributed by atoms with Gasteiger partial charge in [-0.05, 0) is 66.0 Å². The lowest BCUT2D eigenvalue weighted by Gasteiger charge is -2.38. The minimum absolute atomic E-state index is 0.0587. The van der Waals surface area contributed by atoms with Gasteiger partial charge in [0, 0.05) is 69.3 Å². The quantitative estimate of drug-likeness (QED) is 0.237. The number of aliphatic hydroxyl groups excluding tert-OH is 1. The van der Waals surface area contributed by atoms with Crippen molar-refractivity contribution in [2.45, 2.75) is 56.9 Å². The van der Waals surface area contributed by atoms with Gasteiger partial charge >= 0.3 is 0 Å². The maximum absolute atomic E-state index is 13.3. The number of carbonyl (C=O) groups excluding carboxylic acids is 1. The first-order valence-electron chi connectivity index (χ1n) is 16.9. The Morgan fingerprint density at radius 2 is 1.79 bits per heavy atom. The molecule has 3 atom stereocenters. The van der Waals surface area contributed by atoms with Crippen molar-refractivity contribution in [1.82, 2.24) is 29.9 Å². The summed E-state index contributed by atoms with van der Waals surface area (Å²) in [5.41, 5.74) is 14.7. The molecule has 47 heavy (non-hydrogen) atoms. The summed E-state index contributed by atoms with van der Waals surface area (Å²) in [5, 5.41) is 16.6. The van der Waals surface area contributed by atoms with Gasteiger partial charge in [0.15, 0.2) is 0 Å². The first-order valence-corrected chi connectivity index (χ1v) is 16.9.